The molecule has 2 atom stereocenters. The Morgan fingerprint density at radius 2 is 2.24 bits per heavy atom. The summed E-state index contributed by atoms with van der Waals surface area (Å²) in [5, 5.41) is 9.56. The van der Waals surface area contributed by atoms with Crippen molar-refractivity contribution in [3.63, 3.8) is 0 Å². The summed E-state index contributed by atoms with van der Waals surface area (Å²) in [4.78, 5) is 25.9. The number of benzene rings is 1. The maximum absolute atomic E-state index is 12.5. The summed E-state index contributed by atoms with van der Waals surface area (Å²) in [6.07, 6.45) is 2.97. The number of hydrogen-bond acceptors (Lipinski definition) is 2. The summed E-state index contributed by atoms with van der Waals surface area (Å²) in [5.74, 6) is -0.545. The van der Waals surface area contributed by atoms with Crippen LogP contribution in [0.3, 0.4) is 0 Å². The number of halogens is 1. The van der Waals surface area contributed by atoms with Crippen LogP contribution in [-0.4, -0.2) is 35.0 Å². The lowest BCUT2D eigenvalue weighted by atomic mass is 9.81. The van der Waals surface area contributed by atoms with Gasteiger partial charge in [-0.3, -0.25) is 9.59 Å². The number of carbonyl (C=O) groups excluding carboxylic acids is 1. The lowest BCUT2D eigenvalue weighted by Crippen LogP contribution is -2.37. The molecule has 3 rings (SSSR count). The first-order chi connectivity index (χ1) is 10.0. The largest absolute Gasteiger partial charge is 0.481 e. The molecule has 2 aliphatic rings. The summed E-state index contributed by atoms with van der Waals surface area (Å²) >= 11 is 2.23. The second kappa shape index (κ2) is 5.59. The molecule has 1 aliphatic heterocycles. The summed E-state index contributed by atoms with van der Waals surface area (Å²) in [7, 11) is 0. The molecule has 1 heterocycles. The number of carboxylic acid groups (broad SMARTS) is 1. The van der Waals surface area contributed by atoms with Gasteiger partial charge in [-0.2, -0.15) is 0 Å². The van der Waals surface area contributed by atoms with Crippen LogP contribution in [0.2, 0.25) is 0 Å². The highest BCUT2D eigenvalue weighted by Gasteiger charge is 2.55. The minimum absolute atomic E-state index is 0.0482. The molecule has 0 aromatic heterocycles. The molecule has 2 fully saturated rings. The van der Waals surface area contributed by atoms with Gasteiger partial charge in [0.15, 0.2) is 0 Å². The molecule has 0 spiro atoms. The molecular formula is C16H18INO3. The molecule has 5 heteroatoms. The first-order valence-corrected chi connectivity index (χ1v) is 8.35. The van der Waals surface area contributed by atoms with Gasteiger partial charge in [-0.15, -0.1) is 0 Å². The molecule has 0 radical (unpaired) electrons. The fraction of sp³-hybridized carbons (Fsp3) is 0.500. The van der Waals surface area contributed by atoms with Crippen molar-refractivity contribution >= 4 is 34.5 Å². The van der Waals surface area contributed by atoms with Crippen molar-refractivity contribution in [1.82, 2.24) is 4.90 Å². The summed E-state index contributed by atoms with van der Waals surface area (Å²) in [6, 6.07) is 7.89. The van der Waals surface area contributed by atoms with Gasteiger partial charge in [-0.1, -0.05) is 18.6 Å². The first-order valence-electron chi connectivity index (χ1n) is 7.27. The quantitative estimate of drug-likeness (QED) is 0.795. The molecule has 1 N–H and O–H groups in total. The number of likely N-dealkylation sites (tertiary alicyclic amines) is 1. The second-order valence-corrected chi connectivity index (χ2v) is 7.38. The summed E-state index contributed by atoms with van der Waals surface area (Å²) in [5.41, 5.74) is 0.314. The molecule has 0 unspecified atom stereocenters. The average molecular weight is 399 g/mol. The van der Waals surface area contributed by atoms with Crippen molar-refractivity contribution in [3.05, 3.63) is 33.4 Å². The minimum Gasteiger partial charge on any atom is -0.481 e. The van der Waals surface area contributed by atoms with E-state index in [0.29, 0.717) is 25.9 Å². The van der Waals surface area contributed by atoms with Gasteiger partial charge in [0.1, 0.15) is 0 Å². The predicted octanol–water partition coefficient (Wildman–Crippen LogP) is 2.55. The number of carboxylic acids is 1. The van der Waals surface area contributed by atoms with Gasteiger partial charge in [-0.05, 0) is 59.0 Å². The Balaban J connectivity index is 1.71. The first kappa shape index (κ1) is 14.8. The lowest BCUT2D eigenvalue weighted by Gasteiger charge is -2.23. The Bertz CT molecular complexity index is 589. The summed E-state index contributed by atoms with van der Waals surface area (Å²) < 4.78 is 1.11. The van der Waals surface area contributed by atoms with E-state index in [4.69, 9.17) is 0 Å². The second-order valence-electron chi connectivity index (χ2n) is 6.13. The topological polar surface area (TPSA) is 57.6 Å². The molecule has 1 amide bonds. The van der Waals surface area contributed by atoms with E-state index in [1.807, 2.05) is 24.3 Å². The SMILES string of the molecule is O=C(Cc1cccc(I)c1)N1C[C@@H]2CCC[C@@]2(C(=O)O)C1. The van der Waals surface area contributed by atoms with E-state index in [1.54, 1.807) is 4.90 Å². The van der Waals surface area contributed by atoms with E-state index in [2.05, 4.69) is 22.6 Å². The number of fused-ring (bicyclic) bond motifs is 1. The van der Waals surface area contributed by atoms with Gasteiger partial charge in [-0.25, -0.2) is 0 Å². The molecule has 1 aromatic rings. The van der Waals surface area contributed by atoms with E-state index < -0.39 is 11.4 Å². The lowest BCUT2D eigenvalue weighted by molar-refractivity contribution is -0.149. The highest BCUT2D eigenvalue weighted by Crippen LogP contribution is 2.48. The molecule has 1 saturated heterocycles. The van der Waals surface area contributed by atoms with E-state index in [9.17, 15) is 14.7 Å². The third-order valence-corrected chi connectivity index (χ3v) is 5.56. The Labute approximate surface area is 137 Å². The summed E-state index contributed by atoms with van der Waals surface area (Å²) in [6.45, 7) is 0.991. The standard InChI is InChI=1S/C16H18INO3/c17-13-5-1-3-11(7-13)8-14(19)18-9-12-4-2-6-16(12,10-18)15(20)21/h1,3,5,7,12H,2,4,6,8-10H2,(H,20,21)/t12-,16+/m0/s1. The Morgan fingerprint density at radius 3 is 2.90 bits per heavy atom. The average Bonchev–Trinajstić information content (AvgIpc) is 2.95. The van der Waals surface area contributed by atoms with E-state index in [1.165, 1.54) is 0 Å². The van der Waals surface area contributed by atoms with Crippen LogP contribution in [0.5, 0.6) is 0 Å². The molecule has 1 saturated carbocycles. The van der Waals surface area contributed by atoms with Crippen LogP contribution >= 0.6 is 22.6 Å². The molecule has 21 heavy (non-hydrogen) atoms. The van der Waals surface area contributed by atoms with Crippen LogP contribution in [0.4, 0.5) is 0 Å². The molecule has 0 bridgehead atoms. The fourth-order valence-electron chi connectivity index (χ4n) is 3.76. The van der Waals surface area contributed by atoms with Crippen LogP contribution in [0, 0.1) is 14.9 Å². The Morgan fingerprint density at radius 1 is 1.43 bits per heavy atom. The highest BCUT2D eigenvalue weighted by molar-refractivity contribution is 14.1. The number of rotatable bonds is 3. The maximum atomic E-state index is 12.5. The zero-order valence-corrected chi connectivity index (χ0v) is 13.9. The predicted molar refractivity (Wildman–Crippen MR) is 86.9 cm³/mol. The fourth-order valence-corrected chi connectivity index (χ4v) is 4.37. The van der Waals surface area contributed by atoms with Gasteiger partial charge in [0.05, 0.1) is 11.8 Å². The van der Waals surface area contributed by atoms with Gasteiger partial charge < -0.3 is 10.0 Å². The number of hydrogen-bond donors (Lipinski definition) is 1. The van der Waals surface area contributed by atoms with E-state index in [0.717, 1.165) is 22.0 Å². The van der Waals surface area contributed by atoms with Crippen molar-refractivity contribution in [2.24, 2.45) is 11.3 Å². The van der Waals surface area contributed by atoms with Crippen LogP contribution < -0.4 is 0 Å². The molecular weight excluding hydrogens is 381 g/mol. The Kier molecular flexibility index (Phi) is 3.94. The number of nitrogens with zero attached hydrogens (tertiary/aromatic N) is 1. The monoisotopic (exact) mass is 399 g/mol. The molecule has 4 nitrogen and oxygen atoms in total. The highest BCUT2D eigenvalue weighted by atomic mass is 127. The van der Waals surface area contributed by atoms with Crippen LogP contribution in [-0.2, 0) is 16.0 Å². The van der Waals surface area contributed by atoms with E-state index in [-0.39, 0.29) is 11.8 Å². The minimum atomic E-state index is -0.727. The maximum Gasteiger partial charge on any atom is 0.311 e. The zero-order chi connectivity index (χ0) is 15.0. The third-order valence-electron chi connectivity index (χ3n) is 4.89. The molecule has 112 valence electrons. The van der Waals surface area contributed by atoms with Crippen molar-refractivity contribution in [3.8, 4) is 0 Å². The van der Waals surface area contributed by atoms with Crippen LogP contribution in [0.15, 0.2) is 24.3 Å². The third kappa shape index (κ3) is 2.67. The smallest absolute Gasteiger partial charge is 0.311 e. The van der Waals surface area contributed by atoms with Gasteiger partial charge in [0, 0.05) is 16.7 Å². The van der Waals surface area contributed by atoms with Crippen LogP contribution in [0.1, 0.15) is 24.8 Å². The van der Waals surface area contributed by atoms with Crippen molar-refractivity contribution in [2.75, 3.05) is 13.1 Å². The molecule has 1 aliphatic carbocycles. The number of amides is 1. The van der Waals surface area contributed by atoms with Gasteiger partial charge in [0.2, 0.25) is 5.91 Å². The zero-order valence-electron chi connectivity index (χ0n) is 11.7. The van der Waals surface area contributed by atoms with Crippen molar-refractivity contribution in [2.45, 2.75) is 25.7 Å². The van der Waals surface area contributed by atoms with Crippen molar-refractivity contribution in [1.29, 1.82) is 0 Å². The molecule has 1 aromatic carbocycles. The number of carbonyl (C=O) groups is 2. The number of aliphatic carboxylic acids is 1. The van der Waals surface area contributed by atoms with E-state index >= 15 is 0 Å². The van der Waals surface area contributed by atoms with Gasteiger partial charge >= 0.3 is 5.97 Å². The Hall–Kier alpha value is -1.11. The van der Waals surface area contributed by atoms with Gasteiger partial charge in [0.25, 0.3) is 0 Å². The van der Waals surface area contributed by atoms with Crippen molar-refractivity contribution < 1.29 is 14.7 Å². The normalized spacial score (nSPS) is 27.7. The van der Waals surface area contributed by atoms with Crippen LogP contribution in [0.25, 0.3) is 0 Å².